The van der Waals surface area contributed by atoms with E-state index in [4.69, 9.17) is 5.73 Å². The van der Waals surface area contributed by atoms with Gasteiger partial charge in [0.25, 0.3) is 5.69 Å². The van der Waals surface area contributed by atoms with Crippen molar-refractivity contribution in [3.05, 3.63) is 33.9 Å². The Kier molecular flexibility index (Phi) is 2.47. The smallest absolute Gasteiger partial charge is 0.275 e. The lowest BCUT2D eigenvalue weighted by molar-refractivity contribution is -0.385. The number of carbonyl (C=O) groups is 1. The maximum Gasteiger partial charge on any atom is 0.275 e. The largest absolute Gasteiger partial charge is 0.399 e. The number of nitrogen functional groups attached to an aromatic ring is 1. The first-order chi connectivity index (χ1) is 7.58. The number of rotatable bonds is 2. The fourth-order valence-electron chi connectivity index (χ4n) is 1.89. The summed E-state index contributed by atoms with van der Waals surface area (Å²) in [4.78, 5) is 21.5. The highest BCUT2D eigenvalue weighted by molar-refractivity contribution is 5.80. The van der Waals surface area contributed by atoms with Gasteiger partial charge in [-0.2, -0.15) is 0 Å². The van der Waals surface area contributed by atoms with Crippen LogP contribution < -0.4 is 11.1 Å². The van der Waals surface area contributed by atoms with Crippen molar-refractivity contribution in [1.82, 2.24) is 5.32 Å². The summed E-state index contributed by atoms with van der Waals surface area (Å²) in [5, 5.41) is 13.5. The second kappa shape index (κ2) is 3.80. The average Bonchev–Trinajstić information content (AvgIpc) is 2.64. The van der Waals surface area contributed by atoms with E-state index in [0.717, 1.165) is 0 Å². The molecule has 0 spiro atoms. The quantitative estimate of drug-likeness (QED) is 0.438. The van der Waals surface area contributed by atoms with Crippen LogP contribution in [0.2, 0.25) is 0 Å². The molecule has 2 rings (SSSR count). The number of amides is 1. The van der Waals surface area contributed by atoms with Gasteiger partial charge < -0.3 is 11.1 Å². The first kappa shape index (κ1) is 10.4. The van der Waals surface area contributed by atoms with E-state index < -0.39 is 4.92 Å². The molecule has 1 aromatic rings. The Labute approximate surface area is 91.6 Å². The molecule has 1 fully saturated rings. The predicted octanol–water partition coefficient (Wildman–Crippen LogP) is 0.781. The van der Waals surface area contributed by atoms with Gasteiger partial charge in [0.05, 0.1) is 4.92 Å². The van der Waals surface area contributed by atoms with Gasteiger partial charge >= 0.3 is 0 Å². The van der Waals surface area contributed by atoms with Crippen LogP contribution in [0.5, 0.6) is 0 Å². The van der Waals surface area contributed by atoms with Crippen LogP contribution in [-0.2, 0) is 4.79 Å². The minimum absolute atomic E-state index is 0.0125. The van der Waals surface area contributed by atoms with E-state index in [0.29, 0.717) is 24.2 Å². The van der Waals surface area contributed by atoms with Crippen molar-refractivity contribution in [2.75, 3.05) is 12.3 Å². The minimum Gasteiger partial charge on any atom is -0.399 e. The molecule has 6 heteroatoms. The highest BCUT2D eigenvalue weighted by Crippen LogP contribution is 2.32. The van der Waals surface area contributed by atoms with E-state index in [9.17, 15) is 14.9 Å². The Hall–Kier alpha value is -2.11. The molecule has 0 aromatic heterocycles. The van der Waals surface area contributed by atoms with Crippen molar-refractivity contribution in [3.8, 4) is 0 Å². The highest BCUT2D eigenvalue weighted by Gasteiger charge is 2.28. The first-order valence-electron chi connectivity index (χ1n) is 4.88. The van der Waals surface area contributed by atoms with Crippen molar-refractivity contribution in [2.45, 2.75) is 12.3 Å². The van der Waals surface area contributed by atoms with E-state index >= 15 is 0 Å². The lowest BCUT2D eigenvalue weighted by Crippen LogP contribution is -2.13. The number of nitrogens with one attached hydrogen (secondary N) is 1. The fraction of sp³-hybridized carbons (Fsp3) is 0.300. The van der Waals surface area contributed by atoms with E-state index in [-0.39, 0.29) is 17.5 Å². The molecule has 1 aliphatic heterocycles. The molecule has 16 heavy (non-hydrogen) atoms. The summed E-state index contributed by atoms with van der Waals surface area (Å²) in [6, 6.07) is 4.57. The van der Waals surface area contributed by atoms with Crippen molar-refractivity contribution in [3.63, 3.8) is 0 Å². The van der Waals surface area contributed by atoms with Crippen molar-refractivity contribution in [1.29, 1.82) is 0 Å². The van der Waals surface area contributed by atoms with Gasteiger partial charge in [-0.25, -0.2) is 0 Å². The lowest BCUT2D eigenvalue weighted by atomic mass is 9.96. The zero-order valence-electron chi connectivity index (χ0n) is 8.47. The van der Waals surface area contributed by atoms with Crippen LogP contribution in [0.1, 0.15) is 17.9 Å². The molecule has 6 nitrogen and oxygen atoms in total. The molecule has 0 unspecified atom stereocenters. The highest BCUT2D eigenvalue weighted by atomic mass is 16.6. The van der Waals surface area contributed by atoms with Gasteiger partial charge in [0.1, 0.15) is 0 Å². The lowest BCUT2D eigenvalue weighted by Gasteiger charge is -2.08. The number of hydrogen-bond donors (Lipinski definition) is 2. The number of nitrogens with two attached hydrogens (primary N) is 1. The van der Waals surface area contributed by atoms with Gasteiger partial charge in [0.2, 0.25) is 5.91 Å². The first-order valence-corrected chi connectivity index (χ1v) is 4.88. The molecule has 0 bridgehead atoms. The van der Waals surface area contributed by atoms with Gasteiger partial charge in [-0.1, -0.05) is 0 Å². The van der Waals surface area contributed by atoms with Gasteiger partial charge in [0, 0.05) is 36.2 Å². The SMILES string of the molecule is Nc1ccc([C@H]2CNC(=O)C2)c([N+](=O)[O-])c1. The molecule has 0 aliphatic carbocycles. The number of anilines is 1. The Morgan fingerprint density at radius 3 is 2.81 bits per heavy atom. The number of nitro benzene ring substituents is 1. The third-order valence-corrected chi connectivity index (χ3v) is 2.67. The van der Waals surface area contributed by atoms with Gasteiger partial charge in [-0.3, -0.25) is 14.9 Å². The maximum atomic E-state index is 11.1. The topological polar surface area (TPSA) is 98.3 Å². The molecule has 1 aliphatic rings. The molecule has 1 aromatic carbocycles. The zero-order valence-corrected chi connectivity index (χ0v) is 8.47. The summed E-state index contributed by atoms with van der Waals surface area (Å²) in [7, 11) is 0. The summed E-state index contributed by atoms with van der Waals surface area (Å²) in [6.45, 7) is 0.448. The second-order valence-electron chi connectivity index (χ2n) is 3.78. The number of benzene rings is 1. The molecular weight excluding hydrogens is 210 g/mol. The van der Waals surface area contributed by atoms with Crippen LogP contribution in [0.15, 0.2) is 18.2 Å². The van der Waals surface area contributed by atoms with Gasteiger partial charge in [-0.05, 0) is 12.1 Å². The number of hydrogen-bond acceptors (Lipinski definition) is 4. The third kappa shape index (κ3) is 1.81. The Balaban J connectivity index is 2.40. The molecule has 1 heterocycles. The molecule has 84 valence electrons. The number of nitro groups is 1. The van der Waals surface area contributed by atoms with Crippen molar-refractivity contribution >= 4 is 17.3 Å². The van der Waals surface area contributed by atoms with Crippen LogP contribution in [-0.4, -0.2) is 17.4 Å². The third-order valence-electron chi connectivity index (χ3n) is 2.67. The molecule has 1 saturated heterocycles. The standard InChI is InChI=1S/C10H11N3O3/c11-7-1-2-8(9(4-7)13(15)16)6-3-10(14)12-5-6/h1-2,4,6H,3,5,11H2,(H,12,14)/t6-/m1/s1. The van der Waals surface area contributed by atoms with E-state index in [1.807, 2.05) is 0 Å². The second-order valence-corrected chi connectivity index (χ2v) is 3.78. The number of nitrogens with zero attached hydrogens (tertiary/aromatic N) is 1. The van der Waals surface area contributed by atoms with E-state index in [1.165, 1.54) is 6.07 Å². The normalized spacial score (nSPS) is 19.5. The summed E-state index contributed by atoms with van der Waals surface area (Å²) >= 11 is 0. The predicted molar refractivity (Wildman–Crippen MR) is 57.9 cm³/mol. The van der Waals surface area contributed by atoms with E-state index in [2.05, 4.69) is 5.32 Å². The van der Waals surface area contributed by atoms with Crippen molar-refractivity contribution < 1.29 is 9.72 Å². The minimum atomic E-state index is -0.464. The monoisotopic (exact) mass is 221 g/mol. The fourth-order valence-corrected chi connectivity index (χ4v) is 1.89. The van der Waals surface area contributed by atoms with Crippen LogP contribution >= 0.6 is 0 Å². The van der Waals surface area contributed by atoms with Crippen LogP contribution in [0.25, 0.3) is 0 Å². The van der Waals surface area contributed by atoms with E-state index in [1.54, 1.807) is 12.1 Å². The average molecular weight is 221 g/mol. The van der Waals surface area contributed by atoms with Crippen LogP contribution in [0, 0.1) is 10.1 Å². The Morgan fingerprint density at radius 1 is 1.50 bits per heavy atom. The Bertz CT molecular complexity index is 459. The summed E-state index contributed by atoms with van der Waals surface area (Å²) in [6.07, 6.45) is 0.296. The van der Waals surface area contributed by atoms with Crippen molar-refractivity contribution in [2.24, 2.45) is 0 Å². The summed E-state index contributed by atoms with van der Waals surface area (Å²) < 4.78 is 0. The van der Waals surface area contributed by atoms with Crippen LogP contribution in [0.3, 0.4) is 0 Å². The molecule has 3 N–H and O–H groups in total. The molecule has 1 atom stereocenters. The summed E-state index contributed by atoms with van der Waals surface area (Å²) in [5.74, 6) is -0.204. The van der Waals surface area contributed by atoms with Crippen LogP contribution in [0.4, 0.5) is 11.4 Å². The maximum absolute atomic E-state index is 11.1. The van der Waals surface area contributed by atoms with Gasteiger partial charge in [0.15, 0.2) is 0 Å². The Morgan fingerprint density at radius 2 is 2.25 bits per heavy atom. The number of carbonyl (C=O) groups excluding carboxylic acids is 1. The molecule has 0 saturated carbocycles. The summed E-state index contributed by atoms with van der Waals surface area (Å²) in [5.41, 5.74) is 6.41. The zero-order chi connectivity index (χ0) is 11.7. The molecular formula is C10H11N3O3. The van der Waals surface area contributed by atoms with Gasteiger partial charge in [-0.15, -0.1) is 0 Å². The molecule has 1 amide bonds. The molecule has 0 radical (unpaired) electrons.